The molecule has 0 bridgehead atoms. The van der Waals surface area contributed by atoms with Gasteiger partial charge in [0.2, 0.25) is 0 Å². The fourth-order valence-corrected chi connectivity index (χ4v) is 3.75. The number of aliphatic carboxylic acids is 1. The predicted octanol–water partition coefficient (Wildman–Crippen LogP) is 6.76. The van der Waals surface area contributed by atoms with E-state index in [2.05, 4.69) is 30.2 Å². The van der Waals surface area contributed by atoms with Crippen molar-refractivity contribution < 1.29 is 23.8 Å². The molecule has 5 heteroatoms. The van der Waals surface area contributed by atoms with E-state index in [4.69, 9.17) is 21.0 Å². The largest absolute Gasteiger partial charge is 0.489 e. The Bertz CT molecular complexity index is 1440. The molecule has 3 aromatic carbocycles. The summed E-state index contributed by atoms with van der Waals surface area (Å²) in [5.41, 5.74) is 6.86. The average Bonchev–Trinajstić information content (AvgIpc) is 2.89. The first-order valence-electron chi connectivity index (χ1n) is 11.6. The third-order valence-corrected chi connectivity index (χ3v) is 5.78. The zero-order valence-corrected chi connectivity index (χ0v) is 20.3. The highest BCUT2D eigenvalue weighted by molar-refractivity contribution is 5.83. The van der Waals surface area contributed by atoms with E-state index in [1.807, 2.05) is 37.3 Å². The van der Waals surface area contributed by atoms with Crippen molar-refractivity contribution in [2.75, 3.05) is 13.2 Å². The van der Waals surface area contributed by atoms with Crippen LogP contribution in [0.25, 0.3) is 16.7 Å². The number of halogens is 1. The van der Waals surface area contributed by atoms with Gasteiger partial charge in [0.15, 0.2) is 6.61 Å². The molecular weight excluding hydrogens is 467 g/mol. The Morgan fingerprint density at radius 2 is 1.62 bits per heavy atom. The summed E-state index contributed by atoms with van der Waals surface area (Å²) in [4.78, 5) is 10.7. The number of carboxylic acids is 1. The second kappa shape index (κ2) is 11.7. The number of ether oxygens (including phenoxy) is 2. The van der Waals surface area contributed by atoms with Crippen molar-refractivity contribution in [1.29, 1.82) is 0 Å². The topological polar surface area (TPSA) is 55.8 Å². The second-order valence-corrected chi connectivity index (χ2v) is 8.31. The van der Waals surface area contributed by atoms with E-state index in [-0.39, 0.29) is 12.4 Å². The van der Waals surface area contributed by atoms with Gasteiger partial charge in [-0.05, 0) is 82.8 Å². The van der Waals surface area contributed by atoms with Gasteiger partial charge in [-0.15, -0.1) is 6.42 Å². The van der Waals surface area contributed by atoms with Gasteiger partial charge >= 0.3 is 5.97 Å². The minimum absolute atomic E-state index is 0.250. The lowest BCUT2D eigenvalue weighted by Gasteiger charge is -2.13. The van der Waals surface area contributed by atoms with E-state index in [9.17, 15) is 9.18 Å². The molecule has 4 nitrogen and oxygen atoms in total. The molecule has 0 radical (unpaired) electrons. The molecule has 184 valence electrons. The first-order chi connectivity index (χ1) is 17.9. The van der Waals surface area contributed by atoms with E-state index < -0.39 is 12.6 Å². The molecule has 2 aliphatic carbocycles. The fourth-order valence-electron chi connectivity index (χ4n) is 3.75. The van der Waals surface area contributed by atoms with Crippen LogP contribution in [0.1, 0.15) is 22.3 Å². The van der Waals surface area contributed by atoms with Gasteiger partial charge in [0.05, 0.1) is 0 Å². The molecule has 0 fully saturated rings. The summed E-state index contributed by atoms with van der Waals surface area (Å²) in [5.74, 6) is 2.43. The highest BCUT2D eigenvalue weighted by Crippen LogP contribution is 2.30. The number of carbonyl (C=O) groups is 1. The Kier molecular flexibility index (Phi) is 8.02. The molecule has 0 spiro atoms. The lowest BCUT2D eigenvalue weighted by Crippen LogP contribution is -2.10. The lowest BCUT2D eigenvalue weighted by molar-refractivity contribution is -0.139. The van der Waals surface area contributed by atoms with Crippen LogP contribution in [0.4, 0.5) is 4.39 Å². The number of hydrogen-bond acceptors (Lipinski definition) is 3. The third-order valence-electron chi connectivity index (χ3n) is 5.78. The van der Waals surface area contributed by atoms with Crippen molar-refractivity contribution in [1.82, 2.24) is 0 Å². The predicted molar refractivity (Wildman–Crippen MR) is 143 cm³/mol. The summed E-state index contributed by atoms with van der Waals surface area (Å²) >= 11 is 0. The van der Waals surface area contributed by atoms with E-state index in [1.165, 1.54) is 23.3 Å². The fraction of sp³-hybridized carbons (Fsp3) is 0.0938. The first kappa shape index (κ1) is 25.3. The van der Waals surface area contributed by atoms with Gasteiger partial charge in [-0.25, -0.2) is 9.18 Å². The van der Waals surface area contributed by atoms with Crippen LogP contribution in [0.5, 0.6) is 11.5 Å². The van der Waals surface area contributed by atoms with Crippen LogP contribution in [-0.4, -0.2) is 24.3 Å². The summed E-state index contributed by atoms with van der Waals surface area (Å²) in [7, 11) is 0. The van der Waals surface area contributed by atoms with Crippen molar-refractivity contribution in [2.45, 2.75) is 6.92 Å². The van der Waals surface area contributed by atoms with Crippen molar-refractivity contribution >= 4 is 11.5 Å². The maximum atomic E-state index is 13.4. The number of aryl methyl sites for hydroxylation is 1. The van der Waals surface area contributed by atoms with Crippen LogP contribution in [0, 0.1) is 25.1 Å². The lowest BCUT2D eigenvalue weighted by atomic mass is 9.94. The van der Waals surface area contributed by atoms with Gasteiger partial charge in [0.1, 0.15) is 23.9 Å². The van der Waals surface area contributed by atoms with Crippen molar-refractivity contribution in [2.24, 2.45) is 0 Å². The minimum atomic E-state index is -1.04. The number of carboxylic acid groups (broad SMARTS) is 1. The number of hydrogen-bond donors (Lipinski definition) is 1. The molecule has 0 atom stereocenters. The van der Waals surface area contributed by atoms with E-state index >= 15 is 0 Å². The van der Waals surface area contributed by atoms with Gasteiger partial charge in [-0.3, -0.25) is 0 Å². The van der Waals surface area contributed by atoms with Crippen LogP contribution in [0.15, 0.2) is 97.1 Å². The summed E-state index contributed by atoms with van der Waals surface area (Å²) in [6, 6.07) is 27.4. The Labute approximate surface area is 215 Å². The number of terminal acetylenes is 1. The molecule has 0 saturated carbocycles. The highest BCUT2D eigenvalue weighted by Gasteiger charge is 2.10. The highest BCUT2D eigenvalue weighted by atomic mass is 19.1. The molecule has 0 saturated heterocycles. The van der Waals surface area contributed by atoms with Crippen LogP contribution < -0.4 is 9.47 Å². The molecular formula is C32H25FO4. The number of benzene rings is 4. The van der Waals surface area contributed by atoms with Crippen molar-refractivity contribution in [3.63, 3.8) is 0 Å². The molecule has 0 heterocycles. The molecule has 1 N–H and O–H groups in total. The Morgan fingerprint density at radius 1 is 0.946 bits per heavy atom. The van der Waals surface area contributed by atoms with Crippen molar-refractivity contribution in [3.05, 3.63) is 125 Å². The molecule has 0 aromatic heterocycles. The number of rotatable bonds is 8. The smallest absolute Gasteiger partial charge is 0.341 e. The Morgan fingerprint density at radius 3 is 2.19 bits per heavy atom. The summed E-state index contributed by atoms with van der Waals surface area (Å²) in [5, 5.41) is 8.74. The Hall–Kier alpha value is -4.82. The van der Waals surface area contributed by atoms with Crippen LogP contribution in [0.2, 0.25) is 0 Å². The average molecular weight is 493 g/mol. The molecule has 0 aliphatic heterocycles. The zero-order valence-electron chi connectivity index (χ0n) is 20.3. The molecule has 5 rings (SSSR count). The Balaban J connectivity index is 0.000000458. The molecule has 2 aliphatic rings. The summed E-state index contributed by atoms with van der Waals surface area (Å²) in [6.45, 7) is 1.66. The molecule has 0 unspecified atom stereocenters. The van der Waals surface area contributed by atoms with Crippen molar-refractivity contribution in [3.8, 4) is 35.0 Å². The third kappa shape index (κ3) is 6.45. The van der Waals surface area contributed by atoms with Gasteiger partial charge < -0.3 is 14.6 Å². The van der Waals surface area contributed by atoms with Gasteiger partial charge in [-0.1, -0.05) is 60.5 Å². The van der Waals surface area contributed by atoms with E-state index in [0.29, 0.717) is 11.5 Å². The van der Waals surface area contributed by atoms with Gasteiger partial charge in [0, 0.05) is 5.56 Å². The van der Waals surface area contributed by atoms with Crippen LogP contribution in [0.3, 0.4) is 0 Å². The molecule has 0 amide bonds. The standard InChI is InChI=1S/C26H21FO4.C6H4/c1-3-19-6-4-5-7-23(19)24(20-8-10-21(27)11-9-20)14-15-30-22-12-13-25(18(2)16-22)31-17-26(28)29;1-2-6-4-3-5(1)6/h1,4-14,16H,15,17H2,2H3,(H,28,29);1-4H. The first-order valence-corrected chi connectivity index (χ1v) is 11.6. The van der Waals surface area contributed by atoms with Crippen LogP contribution >= 0.6 is 0 Å². The normalized spacial score (nSPS) is 11.0. The summed E-state index contributed by atoms with van der Waals surface area (Å²) < 4.78 is 24.5. The minimum Gasteiger partial charge on any atom is -0.489 e. The second-order valence-electron chi connectivity index (χ2n) is 8.31. The maximum Gasteiger partial charge on any atom is 0.341 e. The molecule has 37 heavy (non-hydrogen) atoms. The SMILES string of the molecule is C#Cc1ccccc1C(=CCOc1ccc(OCC(=O)O)c(C)c1)c1ccc(F)cc1.c1cc2ccc1-2. The van der Waals surface area contributed by atoms with Gasteiger partial charge in [-0.2, -0.15) is 0 Å². The summed E-state index contributed by atoms with van der Waals surface area (Å²) in [6.07, 6.45) is 7.56. The zero-order chi connectivity index (χ0) is 26.2. The van der Waals surface area contributed by atoms with Gasteiger partial charge in [0.25, 0.3) is 0 Å². The monoisotopic (exact) mass is 492 g/mol. The maximum absolute atomic E-state index is 13.4. The van der Waals surface area contributed by atoms with E-state index in [1.54, 1.807) is 30.3 Å². The van der Waals surface area contributed by atoms with Crippen LogP contribution in [-0.2, 0) is 4.79 Å². The number of fused-ring (bicyclic) bond motifs is 1. The van der Waals surface area contributed by atoms with E-state index in [0.717, 1.165) is 27.8 Å². The quantitative estimate of drug-likeness (QED) is 0.243. The molecule has 3 aromatic rings.